The van der Waals surface area contributed by atoms with Crippen LogP contribution < -0.4 is 16.0 Å². The second kappa shape index (κ2) is 7.26. The molecule has 1 aromatic rings. The third kappa shape index (κ3) is 4.20. The lowest BCUT2D eigenvalue weighted by Gasteiger charge is -2.27. The molecular formula is C13H20Cl2N4O2. The van der Waals surface area contributed by atoms with E-state index < -0.39 is 5.54 Å². The maximum absolute atomic E-state index is 11.8. The van der Waals surface area contributed by atoms with Crippen molar-refractivity contribution in [3.8, 4) is 0 Å². The standard InChI is InChI=1S/C13H18N4O2.2ClH/c14-13(3-4-13)12(18)16-10-1-2-11(15-9-10)17-5-7-19-8-6-17;;/h1-2,9H,3-8,14H2,(H,16,18);2*1H. The number of aromatic nitrogens is 1. The van der Waals surface area contributed by atoms with Gasteiger partial charge in [-0.2, -0.15) is 0 Å². The van der Waals surface area contributed by atoms with Crippen LogP contribution in [0, 0.1) is 0 Å². The molecule has 8 heteroatoms. The summed E-state index contributed by atoms with van der Waals surface area (Å²) in [5.41, 5.74) is 5.87. The molecule has 3 N–H and O–H groups in total. The second-order valence-electron chi connectivity index (χ2n) is 5.11. The van der Waals surface area contributed by atoms with E-state index in [1.807, 2.05) is 12.1 Å². The molecule has 1 saturated heterocycles. The highest BCUT2D eigenvalue weighted by Crippen LogP contribution is 2.33. The van der Waals surface area contributed by atoms with Gasteiger partial charge in [0.2, 0.25) is 5.91 Å². The minimum atomic E-state index is -0.650. The normalized spacial score (nSPS) is 19.0. The molecule has 1 aliphatic carbocycles. The molecule has 6 nitrogen and oxygen atoms in total. The Hall–Kier alpha value is -1.08. The third-order valence-electron chi connectivity index (χ3n) is 3.58. The van der Waals surface area contributed by atoms with Crippen LogP contribution in [-0.4, -0.2) is 42.7 Å². The van der Waals surface area contributed by atoms with E-state index in [1.54, 1.807) is 6.20 Å². The monoisotopic (exact) mass is 334 g/mol. The van der Waals surface area contributed by atoms with Crippen LogP contribution in [0.1, 0.15) is 12.8 Å². The van der Waals surface area contributed by atoms with Gasteiger partial charge in [0, 0.05) is 13.1 Å². The van der Waals surface area contributed by atoms with Gasteiger partial charge in [0.25, 0.3) is 0 Å². The van der Waals surface area contributed by atoms with Gasteiger partial charge >= 0.3 is 0 Å². The summed E-state index contributed by atoms with van der Waals surface area (Å²) in [5, 5.41) is 2.80. The molecule has 0 aromatic carbocycles. The zero-order valence-corrected chi connectivity index (χ0v) is 13.2. The molecular weight excluding hydrogens is 315 g/mol. The molecule has 0 radical (unpaired) electrons. The maximum Gasteiger partial charge on any atom is 0.244 e. The Balaban J connectivity index is 0.00000110. The molecule has 1 amide bonds. The van der Waals surface area contributed by atoms with Crippen LogP contribution in [0.25, 0.3) is 0 Å². The SMILES string of the molecule is Cl.Cl.NC1(C(=O)Nc2ccc(N3CCOCC3)nc2)CC1. The van der Waals surface area contributed by atoms with E-state index in [2.05, 4.69) is 15.2 Å². The first-order valence-corrected chi connectivity index (χ1v) is 6.56. The number of anilines is 2. The lowest BCUT2D eigenvalue weighted by molar-refractivity contribution is -0.118. The van der Waals surface area contributed by atoms with E-state index >= 15 is 0 Å². The summed E-state index contributed by atoms with van der Waals surface area (Å²) in [4.78, 5) is 18.3. The average Bonchev–Trinajstić information content (AvgIpc) is 3.20. The summed E-state index contributed by atoms with van der Waals surface area (Å²) in [6.45, 7) is 3.17. The van der Waals surface area contributed by atoms with Crippen molar-refractivity contribution in [1.29, 1.82) is 0 Å². The highest BCUT2D eigenvalue weighted by molar-refractivity contribution is 5.99. The van der Waals surface area contributed by atoms with Crippen LogP contribution in [0.2, 0.25) is 0 Å². The number of nitrogens with one attached hydrogen (secondary N) is 1. The highest BCUT2D eigenvalue weighted by atomic mass is 35.5. The molecule has 118 valence electrons. The van der Waals surface area contributed by atoms with Crippen LogP contribution in [0.15, 0.2) is 18.3 Å². The number of hydrogen-bond donors (Lipinski definition) is 2. The van der Waals surface area contributed by atoms with Gasteiger partial charge in [-0.05, 0) is 25.0 Å². The van der Waals surface area contributed by atoms with Crippen molar-refractivity contribution in [2.75, 3.05) is 36.5 Å². The summed E-state index contributed by atoms with van der Waals surface area (Å²) < 4.78 is 5.30. The summed E-state index contributed by atoms with van der Waals surface area (Å²) >= 11 is 0. The van der Waals surface area contributed by atoms with Crippen molar-refractivity contribution in [2.24, 2.45) is 5.73 Å². The van der Waals surface area contributed by atoms with Crippen molar-refractivity contribution in [3.63, 3.8) is 0 Å². The molecule has 2 aliphatic rings. The number of nitrogens with two attached hydrogens (primary N) is 1. The van der Waals surface area contributed by atoms with E-state index in [0.717, 1.165) is 45.0 Å². The molecule has 1 saturated carbocycles. The van der Waals surface area contributed by atoms with Gasteiger partial charge in [0.1, 0.15) is 5.82 Å². The Kier molecular flexibility index (Phi) is 6.22. The zero-order valence-electron chi connectivity index (χ0n) is 11.6. The topological polar surface area (TPSA) is 80.5 Å². The number of nitrogens with zero attached hydrogens (tertiary/aromatic N) is 2. The van der Waals surface area contributed by atoms with E-state index in [4.69, 9.17) is 10.5 Å². The van der Waals surface area contributed by atoms with Gasteiger partial charge in [-0.1, -0.05) is 0 Å². The van der Waals surface area contributed by atoms with Gasteiger partial charge in [0.05, 0.1) is 30.6 Å². The number of pyridine rings is 1. The van der Waals surface area contributed by atoms with Crippen LogP contribution in [-0.2, 0) is 9.53 Å². The number of hydrogen-bond acceptors (Lipinski definition) is 5. The predicted octanol–water partition coefficient (Wildman–Crippen LogP) is 1.19. The molecule has 2 heterocycles. The molecule has 21 heavy (non-hydrogen) atoms. The van der Waals surface area contributed by atoms with E-state index in [1.165, 1.54) is 0 Å². The Morgan fingerprint density at radius 3 is 2.48 bits per heavy atom. The van der Waals surface area contributed by atoms with E-state index in [0.29, 0.717) is 5.69 Å². The quantitative estimate of drug-likeness (QED) is 0.867. The van der Waals surface area contributed by atoms with Crippen molar-refractivity contribution in [2.45, 2.75) is 18.4 Å². The van der Waals surface area contributed by atoms with Gasteiger partial charge in [-0.15, -0.1) is 24.8 Å². The van der Waals surface area contributed by atoms with Crippen molar-refractivity contribution < 1.29 is 9.53 Å². The first kappa shape index (κ1) is 18.0. The summed E-state index contributed by atoms with van der Waals surface area (Å²) in [6, 6.07) is 3.78. The third-order valence-corrected chi connectivity index (χ3v) is 3.58. The fourth-order valence-electron chi connectivity index (χ4n) is 2.06. The summed E-state index contributed by atoms with van der Waals surface area (Å²) in [5.74, 6) is 0.795. The fraction of sp³-hybridized carbons (Fsp3) is 0.538. The van der Waals surface area contributed by atoms with Gasteiger partial charge < -0.3 is 20.7 Å². The van der Waals surface area contributed by atoms with Crippen molar-refractivity contribution >= 4 is 42.2 Å². The average molecular weight is 335 g/mol. The Morgan fingerprint density at radius 1 is 1.29 bits per heavy atom. The molecule has 0 atom stereocenters. The molecule has 1 aromatic heterocycles. The summed E-state index contributed by atoms with van der Waals surface area (Å²) in [7, 11) is 0. The van der Waals surface area contributed by atoms with Crippen LogP contribution >= 0.6 is 24.8 Å². The molecule has 0 bridgehead atoms. The fourth-order valence-corrected chi connectivity index (χ4v) is 2.06. The Labute approximate surface area is 136 Å². The van der Waals surface area contributed by atoms with Gasteiger partial charge in [-0.3, -0.25) is 4.79 Å². The number of carbonyl (C=O) groups is 1. The predicted molar refractivity (Wildman–Crippen MR) is 86.5 cm³/mol. The molecule has 3 rings (SSSR count). The highest BCUT2D eigenvalue weighted by Gasteiger charge is 2.45. The molecule has 1 aliphatic heterocycles. The maximum atomic E-state index is 11.8. The Bertz CT molecular complexity index is 474. The number of rotatable bonds is 3. The zero-order chi connectivity index (χ0) is 13.3. The number of halogens is 2. The van der Waals surface area contributed by atoms with Crippen LogP contribution in [0.3, 0.4) is 0 Å². The molecule has 0 unspecified atom stereocenters. The number of carbonyl (C=O) groups excluding carboxylic acids is 1. The van der Waals surface area contributed by atoms with Crippen LogP contribution in [0.4, 0.5) is 11.5 Å². The minimum Gasteiger partial charge on any atom is -0.378 e. The minimum absolute atomic E-state index is 0. The number of ether oxygens (including phenoxy) is 1. The van der Waals surface area contributed by atoms with Crippen LogP contribution in [0.5, 0.6) is 0 Å². The number of morpholine rings is 1. The first-order chi connectivity index (χ1) is 9.17. The lowest BCUT2D eigenvalue weighted by atomic mass is 10.2. The van der Waals surface area contributed by atoms with Gasteiger partial charge in [-0.25, -0.2) is 4.98 Å². The number of amides is 1. The smallest absolute Gasteiger partial charge is 0.244 e. The lowest BCUT2D eigenvalue weighted by Crippen LogP contribution is -2.38. The second-order valence-corrected chi connectivity index (χ2v) is 5.11. The molecule has 2 fully saturated rings. The van der Waals surface area contributed by atoms with Crippen molar-refractivity contribution in [1.82, 2.24) is 4.98 Å². The first-order valence-electron chi connectivity index (χ1n) is 6.56. The Morgan fingerprint density at radius 2 is 1.95 bits per heavy atom. The van der Waals surface area contributed by atoms with E-state index in [9.17, 15) is 4.79 Å². The largest absolute Gasteiger partial charge is 0.378 e. The van der Waals surface area contributed by atoms with Gasteiger partial charge in [0.15, 0.2) is 0 Å². The molecule has 0 spiro atoms. The van der Waals surface area contributed by atoms with Crippen molar-refractivity contribution in [3.05, 3.63) is 18.3 Å². The summed E-state index contributed by atoms with van der Waals surface area (Å²) in [6.07, 6.45) is 3.20. The van der Waals surface area contributed by atoms with E-state index in [-0.39, 0.29) is 30.7 Å².